The van der Waals surface area contributed by atoms with E-state index in [0.29, 0.717) is 51.8 Å². The molecule has 0 heterocycles. The first-order valence-corrected chi connectivity index (χ1v) is 29.3. The van der Waals surface area contributed by atoms with Gasteiger partial charge in [0.2, 0.25) is 5.24 Å². The highest BCUT2D eigenvalue weighted by molar-refractivity contribution is 9.09. The van der Waals surface area contributed by atoms with Gasteiger partial charge in [-0.15, -0.1) is 0 Å². The number of carboxylic acids is 2. The minimum atomic E-state index is -0.989. The number of halogens is 2. The molecule has 0 saturated carbocycles. The number of hydrogen-bond acceptors (Lipinski definition) is 18. The molecule has 0 amide bonds. The van der Waals surface area contributed by atoms with E-state index in [1.807, 2.05) is 84.9 Å². The minimum Gasteiger partial charge on any atom is -0.508 e. The topological polar surface area (TPSA) is 305 Å². The molecule has 0 aliphatic carbocycles. The van der Waals surface area contributed by atoms with E-state index in [2.05, 4.69) is 35.7 Å². The number of carbonyl (C=O) groups excluding carboxylic acids is 5. The Morgan fingerprint density at radius 3 is 1.05 bits per heavy atom. The van der Waals surface area contributed by atoms with Gasteiger partial charge < -0.3 is 63.8 Å². The van der Waals surface area contributed by atoms with Crippen LogP contribution in [0.3, 0.4) is 0 Å². The molecule has 22 heteroatoms. The summed E-state index contributed by atoms with van der Waals surface area (Å²) >= 11 is 7.70. The van der Waals surface area contributed by atoms with Crippen LogP contribution in [-0.2, 0) is 28.6 Å². The van der Waals surface area contributed by atoms with Gasteiger partial charge in [-0.3, -0.25) is 4.79 Å². The van der Waals surface area contributed by atoms with E-state index in [-0.39, 0.29) is 69.1 Å². The predicted molar refractivity (Wildman–Crippen MR) is 356 cm³/mol. The molecule has 0 fully saturated rings. The molecule has 8 rings (SSSR count). The first-order chi connectivity index (χ1) is 44.8. The predicted octanol–water partition coefficient (Wildman–Crippen LogP) is 12.9. The molecule has 0 atom stereocenters. The summed E-state index contributed by atoms with van der Waals surface area (Å²) < 4.78 is 35.4. The van der Waals surface area contributed by atoms with Crippen molar-refractivity contribution in [1.82, 2.24) is 0 Å². The third-order valence-corrected chi connectivity index (χ3v) is 11.5. The Morgan fingerprint density at radius 2 is 0.720 bits per heavy atom. The summed E-state index contributed by atoms with van der Waals surface area (Å²) in [6.45, 7) is 12.8. The number of hydrogen-bond donors (Lipinski definition) is 6. The molecule has 0 radical (unpaired) electrons. The van der Waals surface area contributed by atoms with Crippen molar-refractivity contribution in [3.63, 3.8) is 0 Å². The number of carbonyl (C=O) groups is 7. The third kappa shape index (κ3) is 34.6. The van der Waals surface area contributed by atoms with Crippen LogP contribution in [0.5, 0.6) is 34.5 Å². The molecular weight excluding hydrogens is 1290 g/mol. The Labute approximate surface area is 551 Å². The summed E-state index contributed by atoms with van der Waals surface area (Å²) in [5.74, 6) is -1.22. The largest absolute Gasteiger partial charge is 0.508 e. The Morgan fingerprint density at radius 1 is 0.409 bits per heavy atom. The number of rotatable bonds is 23. The molecule has 20 nitrogen and oxygen atoms in total. The second-order valence-electron chi connectivity index (χ2n) is 17.6. The highest BCUT2D eigenvalue weighted by Gasteiger charge is 2.11. The maximum absolute atomic E-state index is 12.3. The van der Waals surface area contributed by atoms with Gasteiger partial charge in [-0.2, -0.15) is 0 Å². The van der Waals surface area contributed by atoms with Gasteiger partial charge in [0.25, 0.3) is 0 Å². The van der Waals surface area contributed by atoms with Crippen molar-refractivity contribution < 1.29 is 97.4 Å². The third-order valence-electron chi connectivity index (χ3n) is 10.9. The Balaban J connectivity index is 0.000000399. The van der Waals surface area contributed by atoms with Crippen molar-refractivity contribution in [3.8, 4) is 56.8 Å². The quantitative estimate of drug-likeness (QED) is 0.00659. The highest BCUT2D eigenvalue weighted by Crippen LogP contribution is 2.24. The fraction of sp³-hybridized carbons (Fsp3) is 0.141. The number of aromatic carboxylic acids is 2. The first kappa shape index (κ1) is 78.3. The lowest BCUT2D eigenvalue weighted by molar-refractivity contribution is -0.139. The number of aliphatic hydroxyl groups excluding tert-OH is 2. The Kier molecular flexibility index (Phi) is 39.7. The molecule has 0 aliphatic rings. The van der Waals surface area contributed by atoms with Crippen molar-refractivity contribution in [3.05, 3.63) is 266 Å². The van der Waals surface area contributed by atoms with E-state index in [1.54, 1.807) is 79.7 Å². The van der Waals surface area contributed by atoms with Gasteiger partial charge >= 0.3 is 35.8 Å². The fourth-order valence-corrected chi connectivity index (χ4v) is 6.57. The zero-order valence-electron chi connectivity index (χ0n) is 50.5. The normalized spacial score (nSPS) is 9.47. The molecule has 0 aromatic heterocycles. The number of aromatic hydroxyl groups is 2. The van der Waals surface area contributed by atoms with Crippen LogP contribution >= 0.6 is 27.5 Å². The lowest BCUT2D eigenvalue weighted by atomic mass is 10.1. The van der Waals surface area contributed by atoms with Gasteiger partial charge in [-0.05, 0) is 168 Å². The van der Waals surface area contributed by atoms with E-state index in [1.165, 1.54) is 54.1 Å². The van der Waals surface area contributed by atoms with E-state index < -0.39 is 35.1 Å². The van der Waals surface area contributed by atoms with Gasteiger partial charge in [0, 0.05) is 17.5 Å². The Hall–Kier alpha value is -10.8. The smallest absolute Gasteiger partial charge is 0.343 e. The standard InChI is InChI=1S/C24H20O5.C12H12O5.C12H10O.C9H10O4.C9H10O3.C3H3ClO.C2H5BrO/c1-2-23(25)28-17-16-27-21-12-10-20(11-13-21)24(26)29-22-14-8-19(9-15-22)18-6-4-3-5-7-18;1-2-11(13)17-8-7-16-10-5-3-9(4-6-10)12(14)15;13-12-8-6-11(7-9-12)10-4-2-1-3-5-10;10-5-6-13-8-3-1-7(2-4-8)9(11)12;1-2-12-9(11)7-3-5-8(10)6-4-7;1-2-3(4)5;3-1-2-4/h2-15H,1,16-17H2;2-6H,1,7-8H2,(H,14,15);1-9,13H;1-4,10H,5-6H2,(H,11,12);3-6,10H,2H2,1H3;2H,1H2;4H,1-2H2. The van der Waals surface area contributed by atoms with Crippen molar-refractivity contribution in [1.29, 1.82) is 0 Å². The summed E-state index contributed by atoms with van der Waals surface area (Å²) in [6, 6.07) is 59.1. The number of alkyl halides is 1. The average Bonchev–Trinajstić information content (AvgIpc) is 2.22. The molecule has 8 aromatic rings. The van der Waals surface area contributed by atoms with Crippen LogP contribution in [0.4, 0.5) is 0 Å². The zero-order chi connectivity index (χ0) is 68.6. The van der Waals surface area contributed by atoms with Crippen LogP contribution in [0.25, 0.3) is 22.3 Å². The van der Waals surface area contributed by atoms with Gasteiger partial charge in [0.1, 0.15) is 67.5 Å². The molecule has 488 valence electrons. The van der Waals surface area contributed by atoms with Crippen LogP contribution in [0, 0.1) is 0 Å². The summed E-state index contributed by atoms with van der Waals surface area (Å²) in [5, 5.41) is 51.7. The lowest BCUT2D eigenvalue weighted by Crippen LogP contribution is -2.11. The van der Waals surface area contributed by atoms with Crippen molar-refractivity contribution >= 4 is 68.6 Å². The summed E-state index contributed by atoms with van der Waals surface area (Å²) in [4.78, 5) is 75.5. The van der Waals surface area contributed by atoms with Crippen molar-refractivity contribution in [2.75, 3.05) is 58.2 Å². The summed E-state index contributed by atoms with van der Waals surface area (Å²) in [6.07, 6.45) is 3.21. The van der Waals surface area contributed by atoms with Crippen LogP contribution in [0.2, 0.25) is 0 Å². The molecule has 93 heavy (non-hydrogen) atoms. The van der Waals surface area contributed by atoms with Gasteiger partial charge in [0.05, 0.1) is 42.1 Å². The van der Waals surface area contributed by atoms with Crippen molar-refractivity contribution in [2.24, 2.45) is 0 Å². The maximum Gasteiger partial charge on any atom is 0.343 e. The maximum atomic E-state index is 12.3. The van der Waals surface area contributed by atoms with Crippen LogP contribution in [-0.4, -0.2) is 130 Å². The second kappa shape index (κ2) is 47.2. The highest BCUT2D eigenvalue weighted by atomic mass is 79.9. The summed E-state index contributed by atoms with van der Waals surface area (Å²) in [5.41, 5.74) is 5.70. The van der Waals surface area contributed by atoms with Crippen LogP contribution in [0.15, 0.2) is 244 Å². The number of carboxylic acid groups (broad SMARTS) is 2. The molecule has 0 spiro atoms. The summed E-state index contributed by atoms with van der Waals surface area (Å²) in [7, 11) is 0. The van der Waals surface area contributed by atoms with Gasteiger partial charge in [-0.25, -0.2) is 28.8 Å². The van der Waals surface area contributed by atoms with E-state index >= 15 is 0 Å². The number of ether oxygens (including phenoxy) is 7. The molecule has 0 unspecified atom stereocenters. The molecule has 0 saturated heterocycles. The SMILES string of the molecule is C=CC(=O)Cl.C=CC(=O)OCCOc1ccc(C(=O)O)cc1.C=CC(=O)OCCOc1ccc(C(=O)Oc2ccc(-c3ccccc3)cc2)cc1.CCOC(=O)c1ccc(O)cc1.O=C(O)c1ccc(OCCO)cc1.OCCBr.Oc1ccc(-c2ccccc2)cc1. The molecule has 6 N–H and O–H groups in total. The second-order valence-corrected chi connectivity index (χ2v) is 18.7. The van der Waals surface area contributed by atoms with Gasteiger partial charge in [0.15, 0.2) is 0 Å². The minimum absolute atomic E-state index is 0.0549. The molecule has 0 bridgehead atoms. The van der Waals surface area contributed by atoms with Crippen molar-refractivity contribution in [2.45, 2.75) is 6.92 Å². The monoisotopic (exact) mass is 1360 g/mol. The Bertz CT molecular complexity index is 3490. The fourth-order valence-electron chi connectivity index (χ4n) is 6.57. The number of aliphatic hydroxyl groups is 2. The molecule has 8 aromatic carbocycles. The number of phenols is 2. The van der Waals surface area contributed by atoms with Gasteiger partial charge in [-0.1, -0.05) is 121 Å². The van der Waals surface area contributed by atoms with E-state index in [9.17, 15) is 33.6 Å². The van der Waals surface area contributed by atoms with Crippen LogP contribution < -0.4 is 18.9 Å². The van der Waals surface area contributed by atoms with E-state index in [4.69, 9.17) is 75.4 Å². The lowest BCUT2D eigenvalue weighted by Gasteiger charge is -2.08. The first-order valence-electron chi connectivity index (χ1n) is 27.8. The molecule has 0 aliphatic heterocycles. The number of esters is 4. The molecular formula is C71H70BrClO20. The average molecular weight is 1360 g/mol. The van der Waals surface area contributed by atoms with Crippen LogP contribution in [0.1, 0.15) is 48.4 Å². The number of benzene rings is 8. The number of phenolic OH excluding ortho intramolecular Hbond substituents is 2. The number of allylic oxidation sites excluding steroid dienone is 1. The zero-order valence-corrected chi connectivity index (χ0v) is 52.8. The van der Waals surface area contributed by atoms with E-state index in [0.717, 1.165) is 34.9 Å².